The number of carbonyl (C=O) groups excluding carboxylic acids is 1. The summed E-state index contributed by atoms with van der Waals surface area (Å²) in [6.45, 7) is 6.02. The smallest absolute Gasteiger partial charge is 0.318 e. The second-order valence-corrected chi connectivity index (χ2v) is 6.46. The first-order valence-electron chi connectivity index (χ1n) is 6.84. The Morgan fingerprint density at radius 3 is 2.63 bits per heavy atom. The van der Waals surface area contributed by atoms with Gasteiger partial charge in [0.05, 0.1) is 12.8 Å². The van der Waals surface area contributed by atoms with Crippen LogP contribution in [0.3, 0.4) is 0 Å². The zero-order valence-electron chi connectivity index (χ0n) is 12.1. The fourth-order valence-electron chi connectivity index (χ4n) is 2.64. The molecule has 1 heterocycles. The summed E-state index contributed by atoms with van der Waals surface area (Å²) in [4.78, 5) is 16.2. The summed E-state index contributed by atoms with van der Waals surface area (Å²) < 4.78 is 7.12. The maximum Gasteiger partial charge on any atom is 0.318 e. The van der Waals surface area contributed by atoms with Crippen LogP contribution in [0.25, 0.3) is 0 Å². The molecule has 1 saturated carbocycles. The third-order valence-electron chi connectivity index (χ3n) is 3.86. The van der Waals surface area contributed by atoms with Gasteiger partial charge in [0.2, 0.25) is 0 Å². The number of esters is 1. The fraction of sp³-hybridized carbons (Fsp3) is 0.714. The van der Waals surface area contributed by atoms with E-state index in [2.05, 4.69) is 16.5 Å². The highest BCUT2D eigenvalue weighted by Gasteiger charge is 2.25. The first-order valence-corrected chi connectivity index (χ1v) is 7.72. The van der Waals surface area contributed by atoms with E-state index >= 15 is 0 Å². The van der Waals surface area contributed by atoms with Crippen LogP contribution in [0.4, 0.5) is 0 Å². The minimum Gasteiger partial charge on any atom is -0.468 e. The van der Waals surface area contributed by atoms with Gasteiger partial charge >= 0.3 is 5.97 Å². The Balaban J connectivity index is 2.24. The van der Waals surface area contributed by atoms with Crippen molar-refractivity contribution >= 4 is 17.7 Å². The molecule has 1 aromatic heterocycles. The summed E-state index contributed by atoms with van der Waals surface area (Å²) in [6.07, 6.45) is 5.02. The highest BCUT2D eigenvalue weighted by molar-refractivity contribution is 8.00. The molecule has 5 heteroatoms. The van der Waals surface area contributed by atoms with Gasteiger partial charge in [-0.2, -0.15) is 0 Å². The normalized spacial score (nSPS) is 17.7. The van der Waals surface area contributed by atoms with Crippen molar-refractivity contribution in [2.75, 3.05) is 7.11 Å². The monoisotopic (exact) mass is 282 g/mol. The molecular formula is C14H22N2O2S. The van der Waals surface area contributed by atoms with Gasteiger partial charge in [0.15, 0.2) is 5.16 Å². The van der Waals surface area contributed by atoms with Gasteiger partial charge in [0.25, 0.3) is 0 Å². The molecule has 0 radical (unpaired) electrons. The van der Waals surface area contributed by atoms with E-state index in [0.29, 0.717) is 6.04 Å². The number of thioether (sulfide) groups is 1. The van der Waals surface area contributed by atoms with Crippen molar-refractivity contribution in [2.45, 2.75) is 62.9 Å². The van der Waals surface area contributed by atoms with Gasteiger partial charge in [-0.05, 0) is 33.6 Å². The van der Waals surface area contributed by atoms with Crippen LogP contribution in [-0.4, -0.2) is 27.9 Å². The number of hydrogen-bond acceptors (Lipinski definition) is 4. The number of ether oxygens (including phenoxy) is 1. The van der Waals surface area contributed by atoms with E-state index in [1.807, 2.05) is 13.8 Å². The number of hydrogen-bond donors (Lipinski definition) is 0. The summed E-state index contributed by atoms with van der Waals surface area (Å²) in [7, 11) is 1.43. The molecule has 1 atom stereocenters. The van der Waals surface area contributed by atoms with E-state index in [1.165, 1.54) is 50.2 Å². The lowest BCUT2D eigenvalue weighted by molar-refractivity contribution is -0.139. The molecule has 0 saturated heterocycles. The standard InChI is InChI=1S/C14H22N2O2S/c1-9-10(2)16(12-7-5-6-8-12)14(15-9)19-11(3)13(17)18-4/h11-12H,5-8H2,1-4H3/t11-/m1/s1. The van der Waals surface area contributed by atoms with Crippen molar-refractivity contribution in [3.8, 4) is 0 Å². The molecule has 0 aliphatic heterocycles. The Bertz CT molecular complexity index is 464. The van der Waals surface area contributed by atoms with Crippen molar-refractivity contribution in [1.29, 1.82) is 0 Å². The van der Waals surface area contributed by atoms with Gasteiger partial charge in [-0.3, -0.25) is 4.79 Å². The Morgan fingerprint density at radius 1 is 1.42 bits per heavy atom. The molecule has 1 aromatic rings. The van der Waals surface area contributed by atoms with Crippen molar-refractivity contribution in [1.82, 2.24) is 9.55 Å². The number of imidazole rings is 1. The average Bonchev–Trinajstić information content (AvgIpc) is 2.98. The van der Waals surface area contributed by atoms with Crippen LogP contribution in [0.2, 0.25) is 0 Å². The Kier molecular flexibility index (Phi) is 4.55. The molecule has 4 nitrogen and oxygen atoms in total. The highest BCUT2D eigenvalue weighted by atomic mass is 32.2. The molecule has 1 aliphatic carbocycles. The Hall–Kier alpha value is -0.970. The Labute approximate surface area is 118 Å². The Morgan fingerprint density at radius 2 is 2.05 bits per heavy atom. The maximum atomic E-state index is 11.6. The van der Waals surface area contributed by atoms with Gasteiger partial charge < -0.3 is 9.30 Å². The van der Waals surface area contributed by atoms with Crippen LogP contribution in [0.1, 0.15) is 50.0 Å². The summed E-state index contributed by atoms with van der Waals surface area (Å²) >= 11 is 1.50. The summed E-state index contributed by atoms with van der Waals surface area (Å²) in [5.74, 6) is -0.193. The number of aromatic nitrogens is 2. The van der Waals surface area contributed by atoms with E-state index in [0.717, 1.165) is 10.9 Å². The van der Waals surface area contributed by atoms with Crippen LogP contribution in [0, 0.1) is 13.8 Å². The van der Waals surface area contributed by atoms with Gasteiger partial charge in [0.1, 0.15) is 5.25 Å². The van der Waals surface area contributed by atoms with Gasteiger partial charge in [-0.25, -0.2) is 4.98 Å². The molecular weight excluding hydrogens is 260 g/mol. The summed E-state index contributed by atoms with van der Waals surface area (Å²) in [5.41, 5.74) is 2.29. The number of rotatable bonds is 4. The molecule has 0 spiro atoms. The van der Waals surface area contributed by atoms with Crippen LogP contribution in [0.15, 0.2) is 5.16 Å². The SMILES string of the molecule is COC(=O)[C@@H](C)Sc1nc(C)c(C)n1C1CCCC1. The minimum absolute atomic E-state index is 0.193. The third-order valence-corrected chi connectivity index (χ3v) is 4.90. The second-order valence-electron chi connectivity index (χ2n) is 5.16. The van der Waals surface area contributed by atoms with Crippen molar-refractivity contribution < 1.29 is 9.53 Å². The predicted octanol–water partition coefficient (Wildman–Crippen LogP) is 3.27. The van der Waals surface area contributed by atoms with Crippen molar-refractivity contribution in [3.63, 3.8) is 0 Å². The molecule has 0 bridgehead atoms. The molecule has 106 valence electrons. The third kappa shape index (κ3) is 2.96. The lowest BCUT2D eigenvalue weighted by Gasteiger charge is -2.18. The molecule has 0 amide bonds. The number of methoxy groups -OCH3 is 1. The van der Waals surface area contributed by atoms with E-state index in [4.69, 9.17) is 4.74 Å². The number of carbonyl (C=O) groups is 1. The van der Waals surface area contributed by atoms with E-state index in [1.54, 1.807) is 0 Å². The first kappa shape index (κ1) is 14.4. The molecule has 2 rings (SSSR count). The quantitative estimate of drug-likeness (QED) is 0.628. The van der Waals surface area contributed by atoms with Crippen LogP contribution in [0.5, 0.6) is 0 Å². The lowest BCUT2D eigenvalue weighted by Crippen LogP contribution is -2.16. The van der Waals surface area contributed by atoms with E-state index in [-0.39, 0.29) is 11.2 Å². The maximum absolute atomic E-state index is 11.6. The number of aryl methyl sites for hydroxylation is 1. The molecule has 19 heavy (non-hydrogen) atoms. The van der Waals surface area contributed by atoms with Gasteiger partial charge in [0, 0.05) is 11.7 Å². The highest BCUT2D eigenvalue weighted by Crippen LogP contribution is 2.36. The topological polar surface area (TPSA) is 44.1 Å². The van der Waals surface area contributed by atoms with Crippen LogP contribution < -0.4 is 0 Å². The van der Waals surface area contributed by atoms with Crippen LogP contribution in [-0.2, 0) is 9.53 Å². The minimum atomic E-state index is -0.216. The zero-order chi connectivity index (χ0) is 14.0. The summed E-state index contributed by atoms with van der Waals surface area (Å²) in [5, 5.41) is 0.742. The summed E-state index contributed by atoms with van der Waals surface area (Å²) in [6, 6.07) is 0.550. The molecule has 1 fully saturated rings. The predicted molar refractivity (Wildman–Crippen MR) is 76.5 cm³/mol. The molecule has 0 aromatic carbocycles. The largest absolute Gasteiger partial charge is 0.468 e. The number of nitrogens with zero attached hydrogens (tertiary/aromatic N) is 2. The lowest BCUT2D eigenvalue weighted by atomic mass is 10.2. The van der Waals surface area contributed by atoms with E-state index < -0.39 is 0 Å². The second kappa shape index (κ2) is 5.99. The molecule has 0 unspecified atom stereocenters. The average molecular weight is 282 g/mol. The fourth-order valence-corrected chi connectivity index (χ4v) is 3.74. The van der Waals surface area contributed by atoms with Crippen LogP contribution >= 0.6 is 11.8 Å². The van der Waals surface area contributed by atoms with Crippen molar-refractivity contribution in [3.05, 3.63) is 11.4 Å². The van der Waals surface area contributed by atoms with E-state index in [9.17, 15) is 4.79 Å². The van der Waals surface area contributed by atoms with Gasteiger partial charge in [-0.15, -0.1) is 0 Å². The zero-order valence-corrected chi connectivity index (χ0v) is 12.9. The molecule has 0 N–H and O–H groups in total. The molecule has 1 aliphatic rings. The van der Waals surface area contributed by atoms with Gasteiger partial charge in [-0.1, -0.05) is 24.6 Å². The van der Waals surface area contributed by atoms with Crippen molar-refractivity contribution in [2.24, 2.45) is 0 Å². The first-order chi connectivity index (χ1) is 9.04.